The van der Waals surface area contributed by atoms with Crippen LogP contribution in [0, 0.1) is 24.4 Å². The highest BCUT2D eigenvalue weighted by atomic mass is 19.2. The van der Waals surface area contributed by atoms with Gasteiger partial charge in [-0.3, -0.25) is 14.3 Å². The molecule has 162 valence electrons. The maximum absolute atomic E-state index is 14.7. The van der Waals surface area contributed by atoms with Crippen LogP contribution < -0.4 is 15.8 Å². The van der Waals surface area contributed by atoms with E-state index in [1.807, 2.05) is 0 Å². The van der Waals surface area contributed by atoms with Gasteiger partial charge in [0, 0.05) is 20.1 Å². The summed E-state index contributed by atoms with van der Waals surface area (Å²) in [4.78, 5) is 27.0. The van der Waals surface area contributed by atoms with Crippen LogP contribution in [0.5, 0.6) is 0 Å². The van der Waals surface area contributed by atoms with E-state index in [2.05, 4.69) is 5.32 Å². The Labute approximate surface area is 176 Å². The minimum atomic E-state index is -1.45. The number of nitrogens with zero attached hydrogens (tertiary/aromatic N) is 3. The number of amides is 1. The first-order valence-corrected chi connectivity index (χ1v) is 9.89. The molecule has 2 aromatic carbocycles. The third-order valence-electron chi connectivity index (χ3n) is 5.59. The summed E-state index contributed by atoms with van der Waals surface area (Å²) >= 11 is 0. The van der Waals surface area contributed by atoms with E-state index in [4.69, 9.17) is 0 Å². The molecule has 1 aliphatic heterocycles. The van der Waals surface area contributed by atoms with Crippen molar-refractivity contribution in [2.45, 2.75) is 19.8 Å². The van der Waals surface area contributed by atoms with Crippen LogP contribution in [0.4, 0.5) is 24.5 Å². The van der Waals surface area contributed by atoms with Crippen molar-refractivity contribution in [2.75, 3.05) is 23.3 Å². The minimum absolute atomic E-state index is 0.0970. The molecule has 1 fully saturated rings. The summed E-state index contributed by atoms with van der Waals surface area (Å²) in [5, 5.41) is 2.33. The number of aromatic nitrogens is 2. The van der Waals surface area contributed by atoms with Gasteiger partial charge in [-0.25, -0.2) is 17.9 Å². The van der Waals surface area contributed by atoms with Crippen molar-refractivity contribution in [3.63, 3.8) is 0 Å². The lowest BCUT2D eigenvalue weighted by Crippen LogP contribution is -2.25. The summed E-state index contributed by atoms with van der Waals surface area (Å²) in [6.45, 7) is 2.44. The number of hydrogen-bond donors (Lipinski definition) is 1. The first-order chi connectivity index (χ1) is 14.8. The molecule has 1 saturated heterocycles. The number of carbonyl (C=O) groups is 1. The molecule has 0 atom stereocenters. The van der Waals surface area contributed by atoms with Gasteiger partial charge < -0.3 is 10.2 Å². The number of nitrogens with one attached hydrogen (secondary N) is 1. The van der Waals surface area contributed by atoms with E-state index in [-0.39, 0.29) is 5.69 Å². The van der Waals surface area contributed by atoms with E-state index in [9.17, 15) is 22.8 Å². The van der Waals surface area contributed by atoms with Gasteiger partial charge in [0.2, 0.25) is 0 Å². The third-order valence-corrected chi connectivity index (χ3v) is 5.59. The smallest absolute Gasteiger partial charge is 0.295 e. The monoisotopic (exact) mass is 430 g/mol. The van der Waals surface area contributed by atoms with Crippen molar-refractivity contribution in [3.05, 3.63) is 75.5 Å². The average molecular weight is 430 g/mol. The van der Waals surface area contributed by atoms with Crippen LogP contribution in [-0.2, 0) is 7.05 Å². The van der Waals surface area contributed by atoms with Crippen molar-refractivity contribution >= 4 is 17.3 Å². The molecular weight excluding hydrogens is 409 g/mol. The molecular formula is C22H21F3N4O2. The van der Waals surface area contributed by atoms with Gasteiger partial charge in [-0.15, -0.1) is 0 Å². The lowest BCUT2D eigenvalue weighted by Gasteiger charge is -2.20. The second-order valence-electron chi connectivity index (χ2n) is 7.47. The molecule has 0 unspecified atom stereocenters. The first-order valence-electron chi connectivity index (χ1n) is 9.89. The Hall–Kier alpha value is -3.49. The molecule has 0 spiro atoms. The SMILES string of the molecule is Cc1c(NC(=O)c2cc(F)c(N3CCCC3)c(F)c2F)c(=O)n(-c2ccccc2)n1C. The van der Waals surface area contributed by atoms with E-state index in [1.54, 1.807) is 44.3 Å². The fourth-order valence-electron chi connectivity index (χ4n) is 3.87. The summed E-state index contributed by atoms with van der Waals surface area (Å²) in [5.41, 5.74) is -0.940. The van der Waals surface area contributed by atoms with Crippen LogP contribution in [0.15, 0.2) is 41.2 Å². The molecule has 1 aliphatic rings. The predicted octanol–water partition coefficient (Wildman–Crippen LogP) is 3.75. The van der Waals surface area contributed by atoms with Gasteiger partial charge in [-0.05, 0) is 38.0 Å². The van der Waals surface area contributed by atoms with Crippen LogP contribution >= 0.6 is 0 Å². The Morgan fingerprint density at radius 2 is 1.68 bits per heavy atom. The molecule has 1 aromatic heterocycles. The maximum atomic E-state index is 14.7. The van der Waals surface area contributed by atoms with E-state index >= 15 is 0 Å². The number of para-hydroxylation sites is 1. The molecule has 0 aliphatic carbocycles. The zero-order valence-corrected chi connectivity index (χ0v) is 17.1. The normalized spacial score (nSPS) is 13.6. The van der Waals surface area contributed by atoms with Crippen LogP contribution in [0.2, 0.25) is 0 Å². The van der Waals surface area contributed by atoms with Crippen LogP contribution in [0.3, 0.4) is 0 Å². The number of rotatable bonds is 4. The summed E-state index contributed by atoms with van der Waals surface area (Å²) < 4.78 is 46.8. The molecule has 0 saturated carbocycles. The first kappa shape index (κ1) is 20.8. The topological polar surface area (TPSA) is 59.3 Å². The van der Waals surface area contributed by atoms with Gasteiger partial charge in [0.1, 0.15) is 11.4 Å². The van der Waals surface area contributed by atoms with Gasteiger partial charge in [0.25, 0.3) is 11.5 Å². The number of benzene rings is 2. The van der Waals surface area contributed by atoms with Crippen molar-refractivity contribution in [2.24, 2.45) is 7.05 Å². The fourth-order valence-corrected chi connectivity index (χ4v) is 3.87. The Balaban J connectivity index is 1.71. The lowest BCUT2D eigenvalue weighted by molar-refractivity contribution is 0.102. The van der Waals surface area contributed by atoms with E-state index in [0.29, 0.717) is 30.5 Å². The number of anilines is 2. The Morgan fingerprint density at radius 3 is 2.32 bits per heavy atom. The van der Waals surface area contributed by atoms with Crippen LogP contribution in [0.1, 0.15) is 28.9 Å². The number of halogens is 3. The highest BCUT2D eigenvalue weighted by molar-refractivity contribution is 6.05. The highest BCUT2D eigenvalue weighted by Crippen LogP contribution is 2.31. The van der Waals surface area contributed by atoms with Crippen molar-refractivity contribution in [1.82, 2.24) is 9.36 Å². The number of carbonyl (C=O) groups excluding carboxylic acids is 1. The van der Waals surface area contributed by atoms with E-state index in [0.717, 1.165) is 12.8 Å². The summed E-state index contributed by atoms with van der Waals surface area (Å²) in [7, 11) is 1.63. The Morgan fingerprint density at radius 1 is 1.03 bits per heavy atom. The standard InChI is InChI=1S/C22H21F3N4O2/c1-13-19(22(31)29(27(13)2)14-8-4-3-5-9-14)26-21(30)15-12-16(23)20(18(25)17(15)24)28-10-6-7-11-28/h3-5,8-9,12H,6-7,10-11H2,1-2H3,(H,26,30). The van der Waals surface area contributed by atoms with Gasteiger partial charge in [-0.1, -0.05) is 18.2 Å². The summed E-state index contributed by atoms with van der Waals surface area (Å²) in [6.07, 6.45) is 1.51. The third kappa shape index (κ3) is 3.49. The van der Waals surface area contributed by atoms with Crippen molar-refractivity contribution < 1.29 is 18.0 Å². The molecule has 1 N–H and O–H groups in total. The van der Waals surface area contributed by atoms with Gasteiger partial charge in [-0.2, -0.15) is 0 Å². The van der Waals surface area contributed by atoms with Crippen LogP contribution in [-0.4, -0.2) is 28.4 Å². The Kier molecular flexibility index (Phi) is 5.34. The second kappa shape index (κ2) is 7.98. The van der Waals surface area contributed by atoms with E-state index in [1.165, 1.54) is 14.3 Å². The molecule has 0 radical (unpaired) electrons. The number of hydrogen-bond acceptors (Lipinski definition) is 3. The Bertz CT molecular complexity index is 1210. The highest BCUT2D eigenvalue weighted by Gasteiger charge is 2.28. The molecule has 1 amide bonds. The fraction of sp³-hybridized carbons (Fsp3) is 0.273. The minimum Gasteiger partial charge on any atom is -0.367 e. The quantitative estimate of drug-likeness (QED) is 0.642. The lowest BCUT2D eigenvalue weighted by atomic mass is 10.1. The molecule has 2 heterocycles. The molecule has 3 aromatic rings. The predicted molar refractivity (Wildman–Crippen MR) is 111 cm³/mol. The second-order valence-corrected chi connectivity index (χ2v) is 7.47. The summed E-state index contributed by atoms with van der Waals surface area (Å²) in [5.74, 6) is -4.97. The molecule has 4 rings (SSSR count). The van der Waals surface area contributed by atoms with Crippen LogP contribution in [0.25, 0.3) is 5.69 Å². The van der Waals surface area contributed by atoms with Crippen molar-refractivity contribution in [1.29, 1.82) is 0 Å². The van der Waals surface area contributed by atoms with E-state index < -0.39 is 40.2 Å². The molecule has 6 nitrogen and oxygen atoms in total. The maximum Gasteiger partial charge on any atom is 0.295 e. The zero-order chi connectivity index (χ0) is 22.3. The zero-order valence-electron chi connectivity index (χ0n) is 17.1. The molecule has 0 bridgehead atoms. The van der Waals surface area contributed by atoms with Gasteiger partial charge >= 0.3 is 0 Å². The van der Waals surface area contributed by atoms with Gasteiger partial charge in [0.05, 0.1) is 16.9 Å². The summed E-state index contributed by atoms with van der Waals surface area (Å²) in [6, 6.07) is 9.42. The molecule has 31 heavy (non-hydrogen) atoms. The average Bonchev–Trinajstić information content (AvgIpc) is 3.35. The largest absolute Gasteiger partial charge is 0.367 e. The molecule has 9 heteroatoms. The van der Waals surface area contributed by atoms with Gasteiger partial charge in [0.15, 0.2) is 17.5 Å². The van der Waals surface area contributed by atoms with Crippen molar-refractivity contribution in [3.8, 4) is 5.69 Å².